The van der Waals surface area contributed by atoms with Crippen LogP contribution in [0.4, 0.5) is 0 Å². The second-order valence-corrected chi connectivity index (χ2v) is 5.03. The van der Waals surface area contributed by atoms with E-state index in [1.165, 1.54) is 31.5 Å². The lowest BCUT2D eigenvalue weighted by Gasteiger charge is -2.31. The lowest BCUT2D eigenvalue weighted by Crippen LogP contribution is -2.40. The van der Waals surface area contributed by atoms with E-state index in [4.69, 9.17) is 4.74 Å². The highest BCUT2D eigenvalue weighted by molar-refractivity contribution is 5.07. The van der Waals surface area contributed by atoms with Gasteiger partial charge in [-0.3, -0.25) is 4.98 Å². The molecule has 2 rings (SSSR count). The number of hydrogen-bond acceptors (Lipinski definition) is 4. The number of rotatable bonds is 7. The minimum absolute atomic E-state index is 0.490. The predicted octanol–water partition coefficient (Wildman–Crippen LogP) is 1.67. The average Bonchev–Trinajstić information content (AvgIpc) is 2.47. The summed E-state index contributed by atoms with van der Waals surface area (Å²) in [6.07, 6.45) is 6.57. The molecule has 0 spiro atoms. The van der Waals surface area contributed by atoms with Crippen LogP contribution in [0.5, 0.6) is 0 Å². The van der Waals surface area contributed by atoms with Crippen molar-refractivity contribution in [3.63, 3.8) is 0 Å². The fourth-order valence-electron chi connectivity index (χ4n) is 2.51. The van der Waals surface area contributed by atoms with Gasteiger partial charge in [0.25, 0.3) is 0 Å². The molecule has 0 amide bonds. The molecule has 0 bridgehead atoms. The summed E-state index contributed by atoms with van der Waals surface area (Å²) < 4.78 is 5.67. The zero-order chi connectivity index (χ0) is 13.3. The van der Waals surface area contributed by atoms with Crippen molar-refractivity contribution >= 4 is 0 Å². The Hall–Kier alpha value is -0.970. The van der Waals surface area contributed by atoms with E-state index in [0.717, 1.165) is 26.2 Å². The van der Waals surface area contributed by atoms with Gasteiger partial charge >= 0.3 is 0 Å². The molecule has 0 aliphatic carbocycles. The van der Waals surface area contributed by atoms with E-state index >= 15 is 0 Å². The molecular weight excluding hydrogens is 238 g/mol. The van der Waals surface area contributed by atoms with Gasteiger partial charge in [0, 0.05) is 51.7 Å². The monoisotopic (exact) mass is 263 g/mol. The van der Waals surface area contributed by atoms with Crippen LogP contribution in [0.15, 0.2) is 24.5 Å². The Labute approximate surface area is 116 Å². The molecule has 0 atom stereocenters. The van der Waals surface area contributed by atoms with E-state index in [1.807, 2.05) is 18.5 Å². The van der Waals surface area contributed by atoms with Crippen LogP contribution in [0.3, 0.4) is 0 Å². The summed E-state index contributed by atoms with van der Waals surface area (Å²) in [5.74, 6) is 0. The molecule has 106 valence electrons. The van der Waals surface area contributed by atoms with E-state index in [1.54, 1.807) is 0 Å². The number of pyridine rings is 1. The van der Waals surface area contributed by atoms with Crippen LogP contribution in [0, 0.1) is 0 Å². The van der Waals surface area contributed by atoms with Crippen LogP contribution in [0.2, 0.25) is 0 Å². The average molecular weight is 263 g/mol. The maximum Gasteiger partial charge on any atom is 0.0599 e. The second-order valence-electron chi connectivity index (χ2n) is 5.03. The van der Waals surface area contributed by atoms with Gasteiger partial charge in [-0.15, -0.1) is 0 Å². The SMILES string of the molecule is CCOC1CCN(CCNCc2cccnc2)CC1. The maximum absolute atomic E-state index is 5.67. The molecule has 1 N–H and O–H groups in total. The molecule has 1 saturated heterocycles. The minimum Gasteiger partial charge on any atom is -0.378 e. The van der Waals surface area contributed by atoms with Crippen LogP contribution in [-0.2, 0) is 11.3 Å². The van der Waals surface area contributed by atoms with Gasteiger partial charge < -0.3 is 15.0 Å². The quantitative estimate of drug-likeness (QED) is 0.759. The fourth-order valence-corrected chi connectivity index (χ4v) is 2.51. The lowest BCUT2D eigenvalue weighted by molar-refractivity contribution is 0.0145. The zero-order valence-corrected chi connectivity index (χ0v) is 11.8. The van der Waals surface area contributed by atoms with Crippen LogP contribution in [-0.4, -0.2) is 48.8 Å². The van der Waals surface area contributed by atoms with Gasteiger partial charge in [-0.2, -0.15) is 0 Å². The van der Waals surface area contributed by atoms with Gasteiger partial charge in [-0.25, -0.2) is 0 Å². The summed E-state index contributed by atoms with van der Waals surface area (Å²) in [4.78, 5) is 6.63. The van der Waals surface area contributed by atoms with E-state index in [2.05, 4.69) is 28.2 Å². The third-order valence-corrected chi connectivity index (χ3v) is 3.59. The molecule has 4 nitrogen and oxygen atoms in total. The first kappa shape index (κ1) is 14.4. The van der Waals surface area contributed by atoms with Gasteiger partial charge in [-0.05, 0) is 31.4 Å². The summed E-state index contributed by atoms with van der Waals surface area (Å²) >= 11 is 0. The molecule has 1 aliphatic heterocycles. The van der Waals surface area contributed by atoms with Crippen molar-refractivity contribution in [1.82, 2.24) is 15.2 Å². The number of ether oxygens (including phenoxy) is 1. The normalized spacial score (nSPS) is 17.7. The number of piperidine rings is 1. The molecule has 0 unspecified atom stereocenters. The highest BCUT2D eigenvalue weighted by Crippen LogP contribution is 2.12. The predicted molar refractivity (Wildman–Crippen MR) is 77.0 cm³/mol. The van der Waals surface area contributed by atoms with Gasteiger partial charge in [0.1, 0.15) is 0 Å². The van der Waals surface area contributed by atoms with E-state index in [9.17, 15) is 0 Å². The minimum atomic E-state index is 0.490. The van der Waals surface area contributed by atoms with Gasteiger partial charge in [0.05, 0.1) is 6.10 Å². The third-order valence-electron chi connectivity index (χ3n) is 3.59. The molecule has 1 aromatic rings. The Balaban J connectivity index is 1.55. The molecule has 2 heterocycles. The molecule has 0 radical (unpaired) electrons. The molecule has 0 saturated carbocycles. The summed E-state index contributed by atoms with van der Waals surface area (Å²) in [6.45, 7) is 8.32. The number of likely N-dealkylation sites (tertiary alicyclic amines) is 1. The van der Waals surface area contributed by atoms with Crippen molar-refractivity contribution in [3.05, 3.63) is 30.1 Å². The van der Waals surface area contributed by atoms with E-state index in [-0.39, 0.29) is 0 Å². The van der Waals surface area contributed by atoms with Crippen molar-refractivity contribution in [1.29, 1.82) is 0 Å². The first-order valence-corrected chi connectivity index (χ1v) is 7.32. The molecule has 0 aromatic carbocycles. The van der Waals surface area contributed by atoms with Crippen LogP contribution < -0.4 is 5.32 Å². The molecular formula is C15H25N3O. The van der Waals surface area contributed by atoms with Crippen molar-refractivity contribution in [2.75, 3.05) is 32.8 Å². The second kappa shape index (κ2) is 8.25. The van der Waals surface area contributed by atoms with Gasteiger partial charge in [-0.1, -0.05) is 6.07 Å². The van der Waals surface area contributed by atoms with Crippen molar-refractivity contribution in [2.45, 2.75) is 32.4 Å². The van der Waals surface area contributed by atoms with Crippen molar-refractivity contribution < 1.29 is 4.74 Å². The summed E-state index contributed by atoms with van der Waals surface area (Å²) in [6, 6.07) is 4.09. The smallest absolute Gasteiger partial charge is 0.0599 e. The molecule has 1 aromatic heterocycles. The van der Waals surface area contributed by atoms with Crippen molar-refractivity contribution in [2.24, 2.45) is 0 Å². The summed E-state index contributed by atoms with van der Waals surface area (Å²) in [5.41, 5.74) is 1.25. The Morgan fingerprint density at radius 2 is 2.26 bits per heavy atom. The first-order valence-electron chi connectivity index (χ1n) is 7.32. The number of nitrogens with one attached hydrogen (secondary N) is 1. The lowest BCUT2D eigenvalue weighted by atomic mass is 10.1. The summed E-state index contributed by atoms with van der Waals surface area (Å²) in [7, 11) is 0. The molecule has 1 aliphatic rings. The van der Waals surface area contributed by atoms with Crippen LogP contribution in [0.25, 0.3) is 0 Å². The summed E-state index contributed by atoms with van der Waals surface area (Å²) in [5, 5.41) is 3.47. The zero-order valence-electron chi connectivity index (χ0n) is 11.8. The largest absolute Gasteiger partial charge is 0.378 e. The molecule has 19 heavy (non-hydrogen) atoms. The Bertz CT molecular complexity index is 337. The van der Waals surface area contributed by atoms with E-state index < -0.39 is 0 Å². The highest BCUT2D eigenvalue weighted by Gasteiger charge is 2.18. The molecule has 1 fully saturated rings. The first-order chi connectivity index (χ1) is 9.38. The van der Waals surface area contributed by atoms with E-state index in [0.29, 0.717) is 6.10 Å². The number of nitrogens with zero attached hydrogens (tertiary/aromatic N) is 2. The topological polar surface area (TPSA) is 37.4 Å². The van der Waals surface area contributed by atoms with Crippen LogP contribution >= 0.6 is 0 Å². The van der Waals surface area contributed by atoms with Crippen LogP contribution in [0.1, 0.15) is 25.3 Å². The number of hydrogen-bond donors (Lipinski definition) is 1. The Morgan fingerprint density at radius 3 is 2.95 bits per heavy atom. The Kier molecular flexibility index (Phi) is 6.27. The third kappa shape index (κ3) is 5.27. The maximum atomic E-state index is 5.67. The fraction of sp³-hybridized carbons (Fsp3) is 0.667. The van der Waals surface area contributed by atoms with Gasteiger partial charge in [0.2, 0.25) is 0 Å². The number of aromatic nitrogens is 1. The van der Waals surface area contributed by atoms with Gasteiger partial charge in [0.15, 0.2) is 0 Å². The standard InChI is InChI=1S/C15H25N3O/c1-2-19-15-5-9-18(10-6-15)11-8-17-13-14-4-3-7-16-12-14/h3-4,7,12,15,17H,2,5-6,8-11,13H2,1H3. The van der Waals surface area contributed by atoms with Crippen molar-refractivity contribution in [3.8, 4) is 0 Å². The Morgan fingerprint density at radius 1 is 1.42 bits per heavy atom. The highest BCUT2D eigenvalue weighted by atomic mass is 16.5. The molecule has 4 heteroatoms.